The molecule has 0 aromatic heterocycles. The Labute approximate surface area is 64.3 Å². The van der Waals surface area contributed by atoms with Gasteiger partial charge in [-0.15, -0.1) is 0 Å². The van der Waals surface area contributed by atoms with Gasteiger partial charge < -0.3 is 0 Å². The van der Waals surface area contributed by atoms with Crippen LogP contribution in [0.1, 0.15) is 12.8 Å². The van der Waals surface area contributed by atoms with Crippen molar-refractivity contribution in [2.75, 3.05) is 13.1 Å². The SMILES string of the molecule is NN1C[C@H]2CCC(F)(F)[C@H]2C1. The van der Waals surface area contributed by atoms with Crippen LogP contribution in [-0.4, -0.2) is 24.0 Å². The van der Waals surface area contributed by atoms with E-state index in [0.717, 1.165) is 0 Å². The van der Waals surface area contributed by atoms with Crippen LogP contribution in [0.25, 0.3) is 0 Å². The maximum Gasteiger partial charge on any atom is 0.252 e. The van der Waals surface area contributed by atoms with Gasteiger partial charge in [-0.25, -0.2) is 13.8 Å². The summed E-state index contributed by atoms with van der Waals surface area (Å²) in [5, 5.41) is 1.52. The zero-order chi connectivity index (χ0) is 8.06. The van der Waals surface area contributed by atoms with Crippen molar-refractivity contribution in [1.82, 2.24) is 5.01 Å². The maximum absolute atomic E-state index is 13.0. The van der Waals surface area contributed by atoms with Gasteiger partial charge in [-0.2, -0.15) is 0 Å². The molecule has 1 aliphatic carbocycles. The molecular weight excluding hydrogens is 150 g/mol. The van der Waals surface area contributed by atoms with Crippen molar-refractivity contribution >= 4 is 0 Å². The summed E-state index contributed by atoms with van der Waals surface area (Å²) >= 11 is 0. The minimum absolute atomic E-state index is 0.0656. The number of nitrogens with two attached hydrogens (primary N) is 1. The first-order chi connectivity index (χ1) is 5.09. The van der Waals surface area contributed by atoms with E-state index in [-0.39, 0.29) is 12.3 Å². The quantitative estimate of drug-likeness (QED) is 0.535. The number of hydrogen-bond donors (Lipinski definition) is 1. The molecule has 0 amide bonds. The highest BCUT2D eigenvalue weighted by atomic mass is 19.3. The van der Waals surface area contributed by atoms with Crippen LogP contribution < -0.4 is 5.84 Å². The zero-order valence-electron chi connectivity index (χ0n) is 6.26. The molecule has 64 valence electrons. The minimum Gasteiger partial charge on any atom is -0.269 e. The predicted molar refractivity (Wildman–Crippen MR) is 36.9 cm³/mol. The molecule has 0 bridgehead atoms. The van der Waals surface area contributed by atoms with E-state index in [1.165, 1.54) is 5.01 Å². The number of hydrogen-bond acceptors (Lipinski definition) is 2. The minimum atomic E-state index is -2.45. The second-order valence-electron chi connectivity index (χ2n) is 3.62. The smallest absolute Gasteiger partial charge is 0.252 e. The normalized spacial score (nSPS) is 42.8. The fourth-order valence-corrected chi connectivity index (χ4v) is 2.24. The molecule has 2 N–H and O–H groups in total. The second kappa shape index (κ2) is 2.14. The second-order valence-corrected chi connectivity index (χ2v) is 3.62. The average molecular weight is 162 g/mol. The van der Waals surface area contributed by atoms with E-state index in [2.05, 4.69) is 0 Å². The molecule has 11 heavy (non-hydrogen) atoms. The largest absolute Gasteiger partial charge is 0.269 e. The molecule has 1 heterocycles. The van der Waals surface area contributed by atoms with Gasteiger partial charge in [0, 0.05) is 25.4 Å². The summed E-state index contributed by atoms with van der Waals surface area (Å²) in [6.07, 6.45) is 0.710. The van der Waals surface area contributed by atoms with Crippen LogP contribution in [0.15, 0.2) is 0 Å². The van der Waals surface area contributed by atoms with E-state index in [1.807, 2.05) is 0 Å². The van der Waals surface area contributed by atoms with E-state index in [1.54, 1.807) is 0 Å². The van der Waals surface area contributed by atoms with Gasteiger partial charge in [0.15, 0.2) is 0 Å². The van der Waals surface area contributed by atoms with E-state index < -0.39 is 11.8 Å². The third-order valence-electron chi connectivity index (χ3n) is 2.86. The number of nitrogens with zero attached hydrogens (tertiary/aromatic N) is 1. The fourth-order valence-electron chi connectivity index (χ4n) is 2.24. The Bertz CT molecular complexity index is 172. The molecule has 1 aliphatic heterocycles. The van der Waals surface area contributed by atoms with Gasteiger partial charge in [-0.05, 0) is 12.3 Å². The molecule has 2 fully saturated rings. The highest BCUT2D eigenvalue weighted by molar-refractivity contribution is 4.96. The monoisotopic (exact) mass is 162 g/mol. The third kappa shape index (κ3) is 1.05. The summed E-state index contributed by atoms with van der Waals surface area (Å²) in [4.78, 5) is 0. The van der Waals surface area contributed by atoms with Gasteiger partial charge >= 0.3 is 0 Å². The van der Waals surface area contributed by atoms with Crippen LogP contribution in [-0.2, 0) is 0 Å². The molecule has 1 saturated heterocycles. The molecular formula is C7H12F2N2. The van der Waals surface area contributed by atoms with Gasteiger partial charge in [0.1, 0.15) is 0 Å². The Balaban J connectivity index is 2.13. The fraction of sp³-hybridized carbons (Fsp3) is 1.00. The van der Waals surface area contributed by atoms with E-state index in [4.69, 9.17) is 5.84 Å². The van der Waals surface area contributed by atoms with Crippen molar-refractivity contribution in [3.05, 3.63) is 0 Å². The molecule has 0 spiro atoms. The Morgan fingerprint density at radius 3 is 2.73 bits per heavy atom. The Hall–Kier alpha value is -0.220. The van der Waals surface area contributed by atoms with Crippen LogP contribution in [0.2, 0.25) is 0 Å². The summed E-state index contributed by atoms with van der Waals surface area (Å²) in [6, 6.07) is 0. The van der Waals surface area contributed by atoms with E-state index >= 15 is 0 Å². The molecule has 0 unspecified atom stereocenters. The van der Waals surface area contributed by atoms with Gasteiger partial charge in [0.25, 0.3) is 5.92 Å². The predicted octanol–water partition coefficient (Wildman–Crippen LogP) is 0.837. The number of alkyl halides is 2. The number of rotatable bonds is 0. The maximum atomic E-state index is 13.0. The lowest BCUT2D eigenvalue weighted by Gasteiger charge is -2.17. The van der Waals surface area contributed by atoms with Crippen LogP contribution in [0.5, 0.6) is 0 Å². The standard InChI is InChI=1S/C7H12F2N2/c8-7(9)2-1-5-3-11(10)4-6(5)7/h5-6H,1-4,10H2/t5-,6+/m1/s1. The number of halogens is 2. The van der Waals surface area contributed by atoms with Crippen molar-refractivity contribution in [2.24, 2.45) is 17.7 Å². The molecule has 2 aliphatic rings. The van der Waals surface area contributed by atoms with Crippen molar-refractivity contribution in [2.45, 2.75) is 18.8 Å². The van der Waals surface area contributed by atoms with Crippen LogP contribution >= 0.6 is 0 Å². The first-order valence-electron chi connectivity index (χ1n) is 3.97. The molecule has 2 atom stereocenters. The molecule has 2 nitrogen and oxygen atoms in total. The van der Waals surface area contributed by atoms with Gasteiger partial charge in [-0.3, -0.25) is 5.84 Å². The first-order valence-corrected chi connectivity index (χ1v) is 3.97. The first kappa shape index (κ1) is 7.43. The molecule has 2 rings (SSSR count). The van der Waals surface area contributed by atoms with Crippen molar-refractivity contribution in [1.29, 1.82) is 0 Å². The van der Waals surface area contributed by atoms with Crippen LogP contribution in [0, 0.1) is 11.8 Å². The van der Waals surface area contributed by atoms with Crippen LogP contribution in [0.4, 0.5) is 8.78 Å². The Kier molecular flexibility index (Phi) is 1.44. The number of fused-ring (bicyclic) bond motifs is 1. The number of hydrazine groups is 1. The van der Waals surface area contributed by atoms with Gasteiger partial charge in [0.2, 0.25) is 0 Å². The van der Waals surface area contributed by atoms with E-state index in [0.29, 0.717) is 19.5 Å². The molecule has 0 aromatic carbocycles. The van der Waals surface area contributed by atoms with E-state index in [9.17, 15) is 8.78 Å². The zero-order valence-corrected chi connectivity index (χ0v) is 6.26. The average Bonchev–Trinajstić information content (AvgIpc) is 2.35. The molecule has 4 heteroatoms. The lowest BCUT2D eigenvalue weighted by atomic mass is 9.99. The van der Waals surface area contributed by atoms with Crippen molar-refractivity contribution in [3.8, 4) is 0 Å². The highest BCUT2D eigenvalue weighted by Crippen LogP contribution is 2.47. The summed E-state index contributed by atoms with van der Waals surface area (Å²) in [7, 11) is 0. The molecule has 0 radical (unpaired) electrons. The summed E-state index contributed by atoms with van der Waals surface area (Å²) < 4.78 is 26.0. The van der Waals surface area contributed by atoms with Crippen LogP contribution in [0.3, 0.4) is 0 Å². The molecule has 0 aromatic rings. The summed E-state index contributed by atoms with van der Waals surface area (Å²) in [6.45, 7) is 1.03. The third-order valence-corrected chi connectivity index (χ3v) is 2.86. The summed E-state index contributed by atoms with van der Waals surface area (Å²) in [5.41, 5.74) is 0. The van der Waals surface area contributed by atoms with Gasteiger partial charge in [-0.1, -0.05) is 0 Å². The lowest BCUT2D eigenvalue weighted by molar-refractivity contribution is -0.0398. The van der Waals surface area contributed by atoms with Gasteiger partial charge in [0.05, 0.1) is 0 Å². The summed E-state index contributed by atoms with van der Waals surface area (Å²) in [5.74, 6) is 2.68. The lowest BCUT2D eigenvalue weighted by Crippen LogP contribution is -2.32. The topological polar surface area (TPSA) is 29.3 Å². The van der Waals surface area contributed by atoms with Crippen molar-refractivity contribution < 1.29 is 8.78 Å². The Morgan fingerprint density at radius 2 is 2.09 bits per heavy atom. The highest BCUT2D eigenvalue weighted by Gasteiger charge is 2.53. The Morgan fingerprint density at radius 1 is 1.36 bits per heavy atom. The van der Waals surface area contributed by atoms with Crippen molar-refractivity contribution in [3.63, 3.8) is 0 Å². The molecule has 1 saturated carbocycles.